The zero-order valence-corrected chi connectivity index (χ0v) is 15.7. The quantitative estimate of drug-likeness (QED) is 0.592. The SMILES string of the molecule is CN[C@@H]1CCN(c2cnc3nc(-c4cc(F)c5nc(C)cn5c4)ncc3c2)C1. The largest absolute Gasteiger partial charge is 0.369 e. The van der Waals surface area contributed by atoms with Crippen molar-refractivity contribution in [2.45, 2.75) is 19.4 Å². The molecule has 0 bridgehead atoms. The Morgan fingerprint density at radius 2 is 2.04 bits per heavy atom. The topological polar surface area (TPSA) is 71.2 Å². The number of rotatable bonds is 3. The molecule has 0 aromatic carbocycles. The lowest BCUT2D eigenvalue weighted by Crippen LogP contribution is -2.29. The molecule has 0 unspecified atom stereocenters. The van der Waals surface area contributed by atoms with Gasteiger partial charge in [-0.15, -0.1) is 0 Å². The molecule has 8 heteroatoms. The number of halogens is 1. The number of nitrogens with one attached hydrogen (secondary N) is 1. The molecule has 0 radical (unpaired) electrons. The second kappa shape index (κ2) is 6.49. The van der Waals surface area contributed by atoms with Crippen LogP contribution < -0.4 is 10.2 Å². The van der Waals surface area contributed by atoms with Crippen molar-refractivity contribution in [3.8, 4) is 11.4 Å². The van der Waals surface area contributed by atoms with Crippen molar-refractivity contribution in [2.75, 3.05) is 25.0 Å². The minimum atomic E-state index is -0.397. The molecule has 1 atom stereocenters. The summed E-state index contributed by atoms with van der Waals surface area (Å²) in [5.41, 5.74) is 3.32. The molecule has 0 saturated carbocycles. The van der Waals surface area contributed by atoms with Crippen LogP contribution in [-0.2, 0) is 0 Å². The van der Waals surface area contributed by atoms with Gasteiger partial charge in [-0.25, -0.2) is 24.3 Å². The molecular weight excluding hydrogens is 357 g/mol. The third kappa shape index (κ3) is 2.86. The summed E-state index contributed by atoms with van der Waals surface area (Å²) < 4.78 is 16.0. The molecule has 1 N–H and O–H groups in total. The minimum absolute atomic E-state index is 0.301. The number of aryl methyl sites for hydroxylation is 1. The Labute approximate surface area is 161 Å². The molecule has 5 rings (SSSR count). The fraction of sp³-hybridized carbons (Fsp3) is 0.300. The van der Waals surface area contributed by atoms with E-state index in [4.69, 9.17) is 0 Å². The molecule has 28 heavy (non-hydrogen) atoms. The third-order valence-corrected chi connectivity index (χ3v) is 5.27. The number of aromatic nitrogens is 5. The maximum Gasteiger partial charge on any atom is 0.173 e. The summed E-state index contributed by atoms with van der Waals surface area (Å²) in [6.45, 7) is 3.80. The Balaban J connectivity index is 1.51. The van der Waals surface area contributed by atoms with E-state index in [9.17, 15) is 4.39 Å². The molecule has 1 fully saturated rings. The summed E-state index contributed by atoms with van der Waals surface area (Å²) in [6.07, 6.45) is 8.28. The van der Waals surface area contributed by atoms with E-state index in [2.05, 4.69) is 36.2 Å². The Morgan fingerprint density at radius 1 is 1.14 bits per heavy atom. The van der Waals surface area contributed by atoms with Crippen LogP contribution in [0.1, 0.15) is 12.1 Å². The number of imidazole rings is 1. The molecule has 4 aromatic rings. The fourth-order valence-electron chi connectivity index (χ4n) is 3.76. The summed E-state index contributed by atoms with van der Waals surface area (Å²) in [5, 5.41) is 4.19. The van der Waals surface area contributed by atoms with Gasteiger partial charge in [-0.2, -0.15) is 0 Å². The molecular formula is C20H20FN7. The van der Waals surface area contributed by atoms with Crippen LogP contribution in [0.3, 0.4) is 0 Å². The first kappa shape index (κ1) is 17.0. The first-order valence-corrected chi connectivity index (χ1v) is 9.31. The van der Waals surface area contributed by atoms with Gasteiger partial charge in [0.15, 0.2) is 22.9 Å². The van der Waals surface area contributed by atoms with Crippen LogP contribution >= 0.6 is 0 Å². The van der Waals surface area contributed by atoms with E-state index in [1.807, 2.05) is 20.2 Å². The van der Waals surface area contributed by atoms with Gasteiger partial charge < -0.3 is 14.6 Å². The molecule has 0 amide bonds. The number of anilines is 1. The lowest BCUT2D eigenvalue weighted by Gasteiger charge is -2.18. The van der Waals surface area contributed by atoms with Gasteiger partial charge in [-0.3, -0.25) is 0 Å². The number of fused-ring (bicyclic) bond motifs is 2. The number of likely N-dealkylation sites (N-methyl/N-ethyl adjacent to an activating group) is 1. The third-order valence-electron chi connectivity index (χ3n) is 5.27. The average Bonchev–Trinajstić information content (AvgIpc) is 3.33. The van der Waals surface area contributed by atoms with Gasteiger partial charge in [0.25, 0.3) is 0 Å². The van der Waals surface area contributed by atoms with Crippen molar-refractivity contribution in [3.05, 3.63) is 48.4 Å². The average molecular weight is 377 g/mol. The minimum Gasteiger partial charge on any atom is -0.369 e. The zero-order valence-electron chi connectivity index (χ0n) is 15.7. The molecule has 1 saturated heterocycles. The van der Waals surface area contributed by atoms with Gasteiger partial charge in [0.05, 0.1) is 17.6 Å². The summed E-state index contributed by atoms with van der Waals surface area (Å²) in [6, 6.07) is 3.98. The number of hydrogen-bond donors (Lipinski definition) is 1. The van der Waals surface area contributed by atoms with Gasteiger partial charge in [-0.05, 0) is 32.5 Å². The summed E-state index contributed by atoms with van der Waals surface area (Å²) in [4.78, 5) is 20.0. The normalized spacial score (nSPS) is 17.1. The first-order chi connectivity index (χ1) is 13.6. The van der Waals surface area contributed by atoms with E-state index in [1.165, 1.54) is 6.07 Å². The highest BCUT2D eigenvalue weighted by Gasteiger charge is 2.21. The van der Waals surface area contributed by atoms with E-state index in [0.29, 0.717) is 28.7 Å². The smallest absolute Gasteiger partial charge is 0.173 e. The molecule has 1 aliphatic rings. The van der Waals surface area contributed by atoms with E-state index in [-0.39, 0.29) is 0 Å². The molecule has 4 aromatic heterocycles. The lowest BCUT2D eigenvalue weighted by atomic mass is 10.2. The van der Waals surface area contributed by atoms with Crippen molar-refractivity contribution >= 4 is 22.4 Å². The molecule has 142 valence electrons. The van der Waals surface area contributed by atoms with E-state index < -0.39 is 5.82 Å². The first-order valence-electron chi connectivity index (χ1n) is 9.31. The Morgan fingerprint density at radius 3 is 2.86 bits per heavy atom. The predicted octanol–water partition coefficient (Wildman–Crippen LogP) is 2.59. The van der Waals surface area contributed by atoms with Gasteiger partial charge in [0.2, 0.25) is 0 Å². The van der Waals surface area contributed by atoms with Crippen LogP contribution in [0.5, 0.6) is 0 Å². The molecule has 7 nitrogen and oxygen atoms in total. The number of nitrogens with zero attached hydrogens (tertiary/aromatic N) is 6. The number of hydrogen-bond acceptors (Lipinski definition) is 6. The fourth-order valence-corrected chi connectivity index (χ4v) is 3.76. The Hall–Kier alpha value is -3.13. The van der Waals surface area contributed by atoms with Crippen LogP contribution in [0, 0.1) is 12.7 Å². The van der Waals surface area contributed by atoms with Crippen molar-refractivity contribution < 1.29 is 4.39 Å². The van der Waals surface area contributed by atoms with E-state index in [1.54, 1.807) is 23.0 Å². The summed E-state index contributed by atoms with van der Waals surface area (Å²) in [7, 11) is 1.99. The van der Waals surface area contributed by atoms with Crippen molar-refractivity contribution in [1.29, 1.82) is 0 Å². The van der Waals surface area contributed by atoms with Crippen LogP contribution in [0.4, 0.5) is 10.1 Å². The summed E-state index contributed by atoms with van der Waals surface area (Å²) >= 11 is 0. The maximum absolute atomic E-state index is 14.4. The standard InChI is InChI=1S/C20H20FN7/c1-12-9-28-10-14(6-17(21)20(28)25-12)19-23-7-13-5-16(8-24-18(13)26-19)27-4-3-15(11-27)22-2/h5-10,15,22H,3-4,11H2,1-2H3/t15-/m1/s1. The van der Waals surface area contributed by atoms with Crippen LogP contribution in [0.15, 0.2) is 36.9 Å². The highest BCUT2D eigenvalue weighted by atomic mass is 19.1. The Kier molecular flexibility index (Phi) is 3.94. The van der Waals surface area contributed by atoms with Crippen LogP contribution in [0.2, 0.25) is 0 Å². The highest BCUT2D eigenvalue weighted by Crippen LogP contribution is 2.25. The lowest BCUT2D eigenvalue weighted by molar-refractivity contribution is 0.617. The van der Waals surface area contributed by atoms with Gasteiger partial charge in [-0.1, -0.05) is 0 Å². The second-order valence-electron chi connectivity index (χ2n) is 7.21. The van der Waals surface area contributed by atoms with Gasteiger partial charge in [0.1, 0.15) is 0 Å². The number of pyridine rings is 2. The maximum atomic E-state index is 14.4. The second-order valence-corrected chi connectivity index (χ2v) is 7.21. The Bertz CT molecular complexity index is 1190. The van der Waals surface area contributed by atoms with Crippen LogP contribution in [-0.4, -0.2) is 50.5 Å². The van der Waals surface area contributed by atoms with E-state index in [0.717, 1.165) is 36.3 Å². The predicted molar refractivity (Wildman–Crippen MR) is 106 cm³/mol. The van der Waals surface area contributed by atoms with E-state index >= 15 is 0 Å². The highest BCUT2D eigenvalue weighted by molar-refractivity contribution is 5.79. The van der Waals surface area contributed by atoms with Crippen molar-refractivity contribution in [3.63, 3.8) is 0 Å². The zero-order chi connectivity index (χ0) is 19.3. The molecule has 0 spiro atoms. The van der Waals surface area contributed by atoms with Crippen molar-refractivity contribution in [1.82, 2.24) is 29.7 Å². The molecule has 5 heterocycles. The summed E-state index contributed by atoms with van der Waals surface area (Å²) in [5.74, 6) is 0.0436. The van der Waals surface area contributed by atoms with Gasteiger partial charge in [0, 0.05) is 48.7 Å². The monoisotopic (exact) mass is 377 g/mol. The van der Waals surface area contributed by atoms with Crippen molar-refractivity contribution in [2.24, 2.45) is 0 Å². The van der Waals surface area contributed by atoms with Crippen LogP contribution in [0.25, 0.3) is 28.1 Å². The molecule has 1 aliphatic heterocycles. The molecule has 0 aliphatic carbocycles. The van der Waals surface area contributed by atoms with Gasteiger partial charge >= 0.3 is 0 Å².